The van der Waals surface area contributed by atoms with Gasteiger partial charge in [0.25, 0.3) is 11.5 Å². The zero-order valence-electron chi connectivity index (χ0n) is 21.0. The predicted molar refractivity (Wildman–Crippen MR) is 136 cm³/mol. The van der Waals surface area contributed by atoms with E-state index >= 15 is 0 Å². The van der Waals surface area contributed by atoms with Crippen LogP contribution >= 0.6 is 0 Å². The molecule has 0 saturated heterocycles. The fourth-order valence-corrected chi connectivity index (χ4v) is 4.31. The molecule has 0 saturated carbocycles. The minimum Gasteiger partial charge on any atom is -0.493 e. The van der Waals surface area contributed by atoms with Crippen molar-refractivity contribution in [1.82, 2.24) is 14.8 Å². The molecule has 34 heavy (non-hydrogen) atoms. The molecule has 7 heteroatoms. The Morgan fingerprint density at radius 2 is 1.59 bits per heavy atom. The van der Waals surface area contributed by atoms with E-state index in [2.05, 4.69) is 16.3 Å². The number of benzene rings is 2. The van der Waals surface area contributed by atoms with E-state index in [9.17, 15) is 9.59 Å². The van der Waals surface area contributed by atoms with E-state index in [4.69, 9.17) is 9.47 Å². The number of methoxy groups -OCH3 is 2. The lowest BCUT2D eigenvalue weighted by atomic mass is 10.0. The first-order chi connectivity index (χ1) is 16.3. The first-order valence-corrected chi connectivity index (χ1v) is 11.6. The lowest BCUT2D eigenvalue weighted by Crippen LogP contribution is -2.29. The Balaban J connectivity index is 2.09. The Hall–Kier alpha value is -3.32. The van der Waals surface area contributed by atoms with Crippen molar-refractivity contribution in [3.63, 3.8) is 0 Å². The monoisotopic (exact) mass is 465 g/mol. The maximum absolute atomic E-state index is 13.5. The number of aromatic nitrogens is 1. The van der Waals surface area contributed by atoms with Gasteiger partial charge in [0, 0.05) is 30.7 Å². The molecule has 1 heterocycles. The lowest BCUT2D eigenvalue weighted by Gasteiger charge is -2.20. The number of nitrogens with one attached hydrogen (secondary N) is 1. The number of hydrogen-bond acceptors (Lipinski definition) is 5. The van der Waals surface area contributed by atoms with Crippen molar-refractivity contribution in [3.8, 4) is 11.5 Å². The van der Waals surface area contributed by atoms with Crippen LogP contribution in [0.5, 0.6) is 11.5 Å². The Bertz CT molecular complexity index is 1210. The Morgan fingerprint density at radius 3 is 2.15 bits per heavy atom. The van der Waals surface area contributed by atoms with E-state index in [0.717, 1.165) is 30.5 Å². The molecule has 0 fully saturated rings. The van der Waals surface area contributed by atoms with Crippen molar-refractivity contribution in [3.05, 3.63) is 69.6 Å². The molecule has 0 unspecified atom stereocenters. The normalized spacial score (nSPS) is 11.3. The SMILES string of the molecule is CCC(CC)n1cc(C(=O)NCc2ccccc2CN(C)C)c2cc(OC)c(OC)cc2c1=O. The summed E-state index contributed by atoms with van der Waals surface area (Å²) in [4.78, 5) is 29.0. The lowest BCUT2D eigenvalue weighted by molar-refractivity contribution is 0.0951. The first kappa shape index (κ1) is 25.3. The van der Waals surface area contributed by atoms with Crippen molar-refractivity contribution in [2.75, 3.05) is 28.3 Å². The highest BCUT2D eigenvalue weighted by Crippen LogP contribution is 2.33. The van der Waals surface area contributed by atoms with Crippen LogP contribution in [0.25, 0.3) is 10.8 Å². The molecule has 0 aliphatic heterocycles. The largest absolute Gasteiger partial charge is 0.493 e. The average molecular weight is 466 g/mol. The molecule has 0 atom stereocenters. The Morgan fingerprint density at radius 1 is 1.00 bits per heavy atom. The predicted octanol–water partition coefficient (Wildman–Crippen LogP) is 4.37. The number of carbonyl (C=O) groups excluding carboxylic acids is 1. The molecule has 1 aromatic heterocycles. The number of carbonyl (C=O) groups is 1. The summed E-state index contributed by atoms with van der Waals surface area (Å²) in [5.74, 6) is 0.690. The van der Waals surface area contributed by atoms with Crippen LogP contribution in [0.3, 0.4) is 0 Å². The topological polar surface area (TPSA) is 72.8 Å². The molecule has 0 bridgehead atoms. The second-order valence-electron chi connectivity index (χ2n) is 8.67. The minimum atomic E-state index is -0.239. The fourth-order valence-electron chi connectivity index (χ4n) is 4.31. The smallest absolute Gasteiger partial charge is 0.258 e. The van der Waals surface area contributed by atoms with Gasteiger partial charge in [0.15, 0.2) is 11.5 Å². The maximum atomic E-state index is 13.5. The van der Waals surface area contributed by atoms with Crippen molar-refractivity contribution < 1.29 is 14.3 Å². The zero-order valence-corrected chi connectivity index (χ0v) is 21.0. The molecule has 0 radical (unpaired) electrons. The molecule has 0 aliphatic carbocycles. The van der Waals surface area contributed by atoms with Crippen LogP contribution in [0.1, 0.15) is 54.2 Å². The number of amides is 1. The summed E-state index contributed by atoms with van der Waals surface area (Å²) in [6.07, 6.45) is 3.26. The summed E-state index contributed by atoms with van der Waals surface area (Å²) in [6.45, 7) is 5.26. The summed E-state index contributed by atoms with van der Waals surface area (Å²) in [6, 6.07) is 11.4. The third kappa shape index (κ3) is 5.25. The van der Waals surface area contributed by atoms with Crippen LogP contribution in [0, 0.1) is 0 Å². The van der Waals surface area contributed by atoms with E-state index in [0.29, 0.717) is 34.4 Å². The molecule has 182 valence electrons. The Labute approximate surface area is 201 Å². The average Bonchev–Trinajstić information content (AvgIpc) is 2.84. The molecule has 3 aromatic rings. The van der Waals surface area contributed by atoms with Crippen LogP contribution in [0.2, 0.25) is 0 Å². The summed E-state index contributed by atoms with van der Waals surface area (Å²) >= 11 is 0. The van der Waals surface area contributed by atoms with Crippen molar-refractivity contribution in [2.24, 2.45) is 0 Å². The van der Waals surface area contributed by atoms with Crippen LogP contribution in [-0.4, -0.2) is 43.7 Å². The van der Waals surface area contributed by atoms with Gasteiger partial charge in [-0.3, -0.25) is 9.59 Å². The van der Waals surface area contributed by atoms with E-state index in [1.165, 1.54) is 14.2 Å². The fraction of sp³-hybridized carbons (Fsp3) is 0.407. The maximum Gasteiger partial charge on any atom is 0.258 e. The number of fused-ring (bicyclic) bond motifs is 1. The number of pyridine rings is 1. The van der Waals surface area contributed by atoms with E-state index in [1.807, 2.05) is 46.1 Å². The number of nitrogens with zero attached hydrogens (tertiary/aromatic N) is 2. The van der Waals surface area contributed by atoms with Gasteiger partial charge in [0.2, 0.25) is 0 Å². The van der Waals surface area contributed by atoms with Crippen molar-refractivity contribution in [2.45, 2.75) is 45.8 Å². The van der Waals surface area contributed by atoms with E-state index < -0.39 is 0 Å². The van der Waals surface area contributed by atoms with Gasteiger partial charge in [0.1, 0.15) is 0 Å². The summed E-state index contributed by atoms with van der Waals surface area (Å²) < 4.78 is 12.6. The van der Waals surface area contributed by atoms with Gasteiger partial charge in [-0.1, -0.05) is 38.1 Å². The number of rotatable bonds is 10. The zero-order chi connectivity index (χ0) is 24.8. The molecule has 7 nitrogen and oxygen atoms in total. The first-order valence-electron chi connectivity index (χ1n) is 11.6. The van der Waals surface area contributed by atoms with Gasteiger partial charge in [-0.15, -0.1) is 0 Å². The van der Waals surface area contributed by atoms with Crippen LogP contribution in [-0.2, 0) is 13.1 Å². The quantitative estimate of drug-likeness (QED) is 0.481. The molecular formula is C27H35N3O4. The van der Waals surface area contributed by atoms with E-state index in [-0.39, 0.29) is 17.5 Å². The molecule has 3 rings (SSSR count). The van der Waals surface area contributed by atoms with Gasteiger partial charge < -0.3 is 24.3 Å². The summed E-state index contributed by atoms with van der Waals surface area (Å²) in [5.41, 5.74) is 2.51. The molecule has 0 spiro atoms. The summed E-state index contributed by atoms with van der Waals surface area (Å²) in [7, 11) is 7.11. The van der Waals surface area contributed by atoms with Crippen LogP contribution < -0.4 is 20.3 Å². The van der Waals surface area contributed by atoms with Crippen LogP contribution in [0.15, 0.2) is 47.4 Å². The van der Waals surface area contributed by atoms with Gasteiger partial charge in [-0.25, -0.2) is 0 Å². The molecule has 1 amide bonds. The van der Waals surface area contributed by atoms with Crippen molar-refractivity contribution in [1.29, 1.82) is 0 Å². The van der Waals surface area contributed by atoms with E-state index in [1.54, 1.807) is 22.9 Å². The highest BCUT2D eigenvalue weighted by molar-refractivity contribution is 6.07. The van der Waals surface area contributed by atoms with Gasteiger partial charge >= 0.3 is 0 Å². The molecule has 1 N–H and O–H groups in total. The number of hydrogen-bond donors (Lipinski definition) is 1. The van der Waals surface area contributed by atoms with Crippen LogP contribution in [0.4, 0.5) is 0 Å². The third-order valence-corrected chi connectivity index (χ3v) is 6.17. The number of ether oxygens (including phenoxy) is 2. The van der Waals surface area contributed by atoms with Crippen molar-refractivity contribution >= 4 is 16.7 Å². The molecular weight excluding hydrogens is 430 g/mol. The second-order valence-corrected chi connectivity index (χ2v) is 8.67. The minimum absolute atomic E-state index is 0.00244. The Kier molecular flexibility index (Phi) is 8.34. The van der Waals surface area contributed by atoms with Gasteiger partial charge in [0.05, 0.1) is 25.2 Å². The molecule has 0 aliphatic rings. The standard InChI is InChI=1S/C27H35N3O4/c1-7-20(8-2)30-17-23(21-13-24(33-5)25(34-6)14-22(21)27(30)32)26(31)28-15-18-11-9-10-12-19(18)16-29(3)4/h9-14,17,20H,7-8,15-16H2,1-6H3,(H,28,31). The summed E-state index contributed by atoms with van der Waals surface area (Å²) in [5, 5.41) is 4.04. The highest BCUT2D eigenvalue weighted by atomic mass is 16.5. The van der Waals surface area contributed by atoms with Gasteiger partial charge in [-0.05, 0) is 50.2 Å². The molecule has 2 aromatic carbocycles. The second kappa shape index (κ2) is 11.2. The van der Waals surface area contributed by atoms with Gasteiger partial charge in [-0.2, -0.15) is 0 Å². The highest BCUT2D eigenvalue weighted by Gasteiger charge is 2.21. The third-order valence-electron chi connectivity index (χ3n) is 6.17.